The average Bonchev–Trinajstić information content (AvgIpc) is 2.20. The predicted molar refractivity (Wildman–Crippen MR) is 58.7 cm³/mol. The van der Waals surface area contributed by atoms with Crippen molar-refractivity contribution in [1.82, 2.24) is 0 Å². The van der Waals surface area contributed by atoms with E-state index in [1.165, 1.54) is 0 Å². The van der Waals surface area contributed by atoms with Gasteiger partial charge in [0.1, 0.15) is 5.60 Å². The van der Waals surface area contributed by atoms with Crippen LogP contribution in [0, 0.1) is 5.92 Å². The quantitative estimate of drug-likeness (QED) is 0.583. The molecule has 0 aromatic rings. The first kappa shape index (κ1) is 12.2. The van der Waals surface area contributed by atoms with Gasteiger partial charge in [0, 0.05) is 18.1 Å². The molecular weight excluding hydrogens is 208 g/mol. The molecule has 0 aromatic heterocycles. The van der Waals surface area contributed by atoms with Gasteiger partial charge in [0.15, 0.2) is 0 Å². The lowest BCUT2D eigenvalue weighted by atomic mass is 9.87. The molecule has 1 N–H and O–H groups in total. The average molecular weight is 222 g/mol. The molecule has 0 aromatic carbocycles. The van der Waals surface area contributed by atoms with Crippen LogP contribution in [0.25, 0.3) is 0 Å². The Balaban J connectivity index is 2.66. The largest absolute Gasteiger partial charge is 0.478 e. The maximum Gasteiger partial charge on any atom is 0.331 e. The molecule has 0 spiro atoms. The van der Waals surface area contributed by atoms with Crippen LogP contribution in [0.2, 0.25) is 0 Å². The molecule has 0 saturated heterocycles. The van der Waals surface area contributed by atoms with Crippen LogP contribution in [0.15, 0.2) is 36.5 Å². The van der Waals surface area contributed by atoms with Crippen LogP contribution in [-0.4, -0.2) is 22.6 Å². The van der Waals surface area contributed by atoms with Gasteiger partial charge in [-0.2, -0.15) is 0 Å². The van der Waals surface area contributed by atoms with E-state index in [9.17, 15) is 9.59 Å². The molecule has 1 aliphatic rings. The van der Waals surface area contributed by atoms with Gasteiger partial charge in [-0.25, -0.2) is 9.59 Å². The third-order valence-electron chi connectivity index (χ3n) is 2.52. The number of allylic oxidation sites excluding steroid dienone is 2. The summed E-state index contributed by atoms with van der Waals surface area (Å²) in [7, 11) is 0. The Morgan fingerprint density at radius 3 is 2.62 bits per heavy atom. The van der Waals surface area contributed by atoms with Crippen LogP contribution in [0.4, 0.5) is 0 Å². The summed E-state index contributed by atoms with van der Waals surface area (Å²) in [6.45, 7) is 3.71. The fourth-order valence-corrected chi connectivity index (χ4v) is 1.34. The second-order valence-electron chi connectivity index (χ2n) is 3.81. The zero-order valence-corrected chi connectivity index (χ0v) is 9.21. The van der Waals surface area contributed by atoms with Gasteiger partial charge in [-0.3, -0.25) is 0 Å². The van der Waals surface area contributed by atoms with Gasteiger partial charge in [-0.1, -0.05) is 25.2 Å². The molecule has 0 radical (unpaired) electrons. The maximum atomic E-state index is 11.3. The summed E-state index contributed by atoms with van der Waals surface area (Å²) < 4.78 is 5.21. The van der Waals surface area contributed by atoms with Gasteiger partial charge in [0.05, 0.1) is 0 Å². The van der Waals surface area contributed by atoms with Gasteiger partial charge in [-0.05, 0) is 13.0 Å². The van der Waals surface area contributed by atoms with Gasteiger partial charge in [0.2, 0.25) is 0 Å². The van der Waals surface area contributed by atoms with E-state index < -0.39 is 17.5 Å². The molecule has 2 atom stereocenters. The van der Waals surface area contributed by atoms with Crippen molar-refractivity contribution >= 4 is 11.9 Å². The Kier molecular flexibility index (Phi) is 3.66. The minimum absolute atomic E-state index is 0.0553. The number of carbonyl (C=O) groups excluding carboxylic acids is 1. The normalized spacial score (nSPS) is 28.2. The number of aliphatic carboxylic acids is 1. The first-order chi connectivity index (χ1) is 7.44. The fourth-order valence-electron chi connectivity index (χ4n) is 1.34. The summed E-state index contributed by atoms with van der Waals surface area (Å²) in [6, 6.07) is 0. The number of hydrogen-bond acceptors (Lipinski definition) is 3. The molecule has 2 unspecified atom stereocenters. The number of ether oxygens (including phenoxy) is 1. The van der Waals surface area contributed by atoms with Crippen LogP contribution in [0.5, 0.6) is 0 Å². The SMILES string of the molecule is CC1C=CC=CC1(C)OC(=O)C=CC(=O)O. The lowest BCUT2D eigenvalue weighted by Gasteiger charge is -2.32. The van der Waals surface area contributed by atoms with Crippen LogP contribution < -0.4 is 0 Å². The van der Waals surface area contributed by atoms with Gasteiger partial charge in [0.25, 0.3) is 0 Å². The zero-order chi connectivity index (χ0) is 12.2. The topological polar surface area (TPSA) is 63.6 Å². The molecule has 0 aliphatic heterocycles. The van der Waals surface area contributed by atoms with E-state index in [4.69, 9.17) is 9.84 Å². The molecule has 1 aliphatic carbocycles. The number of carboxylic acid groups (broad SMARTS) is 1. The Labute approximate surface area is 93.9 Å². The first-order valence-electron chi connectivity index (χ1n) is 4.94. The summed E-state index contributed by atoms with van der Waals surface area (Å²) in [5.41, 5.74) is -0.714. The van der Waals surface area contributed by atoms with Gasteiger partial charge in [-0.15, -0.1) is 0 Å². The van der Waals surface area contributed by atoms with Crippen LogP contribution in [0.1, 0.15) is 13.8 Å². The second-order valence-corrected chi connectivity index (χ2v) is 3.81. The molecule has 16 heavy (non-hydrogen) atoms. The molecule has 0 saturated carbocycles. The monoisotopic (exact) mass is 222 g/mol. The Morgan fingerprint density at radius 2 is 2.06 bits per heavy atom. The molecule has 0 fully saturated rings. The van der Waals surface area contributed by atoms with E-state index in [2.05, 4.69) is 0 Å². The molecule has 0 bridgehead atoms. The van der Waals surface area contributed by atoms with Gasteiger partial charge < -0.3 is 9.84 Å². The minimum atomic E-state index is -1.17. The summed E-state index contributed by atoms with van der Waals surface area (Å²) in [5.74, 6) is -1.77. The number of carbonyl (C=O) groups is 2. The van der Waals surface area contributed by atoms with Crippen molar-refractivity contribution in [2.75, 3.05) is 0 Å². The smallest absolute Gasteiger partial charge is 0.331 e. The van der Waals surface area contributed by atoms with Crippen LogP contribution in [0.3, 0.4) is 0 Å². The standard InChI is InChI=1S/C12H14O4/c1-9-5-3-4-8-12(9,2)16-11(15)7-6-10(13)14/h3-9H,1-2H3,(H,13,14). The fraction of sp³-hybridized carbons (Fsp3) is 0.333. The Hall–Kier alpha value is -1.84. The highest BCUT2D eigenvalue weighted by Gasteiger charge is 2.31. The maximum absolute atomic E-state index is 11.3. The van der Waals surface area contributed by atoms with Gasteiger partial charge >= 0.3 is 11.9 Å². The molecule has 1 rings (SSSR count). The molecule has 86 valence electrons. The van der Waals surface area contributed by atoms with Crippen molar-refractivity contribution in [3.05, 3.63) is 36.5 Å². The van der Waals surface area contributed by atoms with Crippen molar-refractivity contribution < 1.29 is 19.4 Å². The zero-order valence-electron chi connectivity index (χ0n) is 9.21. The third kappa shape index (κ3) is 3.08. The number of rotatable bonds is 3. The van der Waals surface area contributed by atoms with E-state index in [1.807, 2.05) is 19.1 Å². The van der Waals surface area contributed by atoms with Crippen molar-refractivity contribution in [2.45, 2.75) is 19.4 Å². The van der Waals surface area contributed by atoms with E-state index in [1.54, 1.807) is 19.1 Å². The van der Waals surface area contributed by atoms with Crippen molar-refractivity contribution in [1.29, 1.82) is 0 Å². The van der Waals surface area contributed by atoms with Crippen LogP contribution >= 0.6 is 0 Å². The van der Waals surface area contributed by atoms with E-state index >= 15 is 0 Å². The van der Waals surface area contributed by atoms with Crippen LogP contribution in [-0.2, 0) is 14.3 Å². The number of esters is 1. The Morgan fingerprint density at radius 1 is 1.38 bits per heavy atom. The summed E-state index contributed by atoms with van der Waals surface area (Å²) in [5, 5.41) is 8.36. The highest BCUT2D eigenvalue weighted by molar-refractivity contribution is 5.91. The van der Waals surface area contributed by atoms with E-state index in [-0.39, 0.29) is 5.92 Å². The molecule has 0 amide bonds. The van der Waals surface area contributed by atoms with E-state index in [0.29, 0.717) is 0 Å². The summed E-state index contributed by atoms with van der Waals surface area (Å²) >= 11 is 0. The summed E-state index contributed by atoms with van der Waals surface area (Å²) in [6.07, 6.45) is 9.06. The second kappa shape index (κ2) is 4.79. The molecule has 0 heterocycles. The summed E-state index contributed by atoms with van der Waals surface area (Å²) in [4.78, 5) is 21.6. The van der Waals surface area contributed by atoms with E-state index in [0.717, 1.165) is 12.2 Å². The van der Waals surface area contributed by atoms with Crippen molar-refractivity contribution in [3.63, 3.8) is 0 Å². The highest BCUT2D eigenvalue weighted by atomic mass is 16.6. The third-order valence-corrected chi connectivity index (χ3v) is 2.52. The number of hydrogen-bond donors (Lipinski definition) is 1. The van der Waals surface area contributed by atoms with Crippen molar-refractivity contribution in [2.24, 2.45) is 5.92 Å². The lowest BCUT2D eigenvalue weighted by Crippen LogP contribution is -2.36. The minimum Gasteiger partial charge on any atom is -0.478 e. The van der Waals surface area contributed by atoms with Crippen molar-refractivity contribution in [3.8, 4) is 0 Å². The Bertz CT molecular complexity index is 378. The molecule has 4 heteroatoms. The first-order valence-corrected chi connectivity index (χ1v) is 4.94. The lowest BCUT2D eigenvalue weighted by molar-refractivity contribution is -0.150. The predicted octanol–water partition coefficient (Wildman–Crippen LogP) is 1.69. The highest BCUT2D eigenvalue weighted by Crippen LogP contribution is 2.27. The number of carboxylic acids is 1. The molecular formula is C12H14O4. The molecule has 4 nitrogen and oxygen atoms in total.